The van der Waals surface area contributed by atoms with Crippen LogP contribution in [0.4, 0.5) is 0 Å². The lowest BCUT2D eigenvalue weighted by atomic mass is 10.3. The van der Waals surface area contributed by atoms with Gasteiger partial charge in [-0.05, 0) is 25.1 Å². The van der Waals surface area contributed by atoms with Crippen LogP contribution in [0.15, 0.2) is 24.4 Å². The van der Waals surface area contributed by atoms with Gasteiger partial charge in [-0.3, -0.25) is 0 Å². The van der Waals surface area contributed by atoms with Gasteiger partial charge in [0.1, 0.15) is 0 Å². The molecule has 0 amide bonds. The molecule has 0 saturated heterocycles. The number of nitrogens with two attached hydrogens (primary N) is 1. The zero-order valence-electron chi connectivity index (χ0n) is 8.56. The fourth-order valence-corrected chi connectivity index (χ4v) is 1.77. The highest BCUT2D eigenvalue weighted by Crippen LogP contribution is 2.24. The summed E-state index contributed by atoms with van der Waals surface area (Å²) in [6, 6.07) is 5.03. The fraction of sp³-hybridized carbons (Fsp3) is 0.200. The predicted octanol–water partition coefficient (Wildman–Crippen LogP) is 2.59. The molecule has 1 aromatic heterocycles. The van der Waals surface area contributed by atoms with Gasteiger partial charge in [0.15, 0.2) is 0 Å². The highest BCUT2D eigenvalue weighted by atomic mass is 35.5. The first-order valence-electron chi connectivity index (χ1n) is 4.71. The summed E-state index contributed by atoms with van der Waals surface area (Å²) >= 11 is 11.9. The van der Waals surface area contributed by atoms with Gasteiger partial charge in [0.05, 0.1) is 22.6 Å². The average molecular weight is 257 g/mol. The third kappa shape index (κ3) is 2.19. The molecule has 0 saturated carbocycles. The molecule has 0 bridgehead atoms. The maximum absolute atomic E-state index is 6.05. The normalized spacial score (nSPS) is 12.8. The number of benzene rings is 1. The number of nitrogens with zero attached hydrogens (tertiary/aromatic N) is 3. The molecule has 2 N–H and O–H groups in total. The average Bonchev–Trinajstić information content (AvgIpc) is 2.66. The van der Waals surface area contributed by atoms with Gasteiger partial charge in [0, 0.05) is 11.1 Å². The molecule has 0 fully saturated rings. The topological polar surface area (TPSA) is 56.7 Å². The van der Waals surface area contributed by atoms with E-state index in [0.29, 0.717) is 15.7 Å². The summed E-state index contributed by atoms with van der Waals surface area (Å²) in [5.74, 6) is 0. The van der Waals surface area contributed by atoms with Crippen molar-refractivity contribution in [3.05, 3.63) is 40.1 Å². The zero-order chi connectivity index (χ0) is 11.7. The van der Waals surface area contributed by atoms with Crippen LogP contribution >= 0.6 is 23.2 Å². The Morgan fingerprint density at radius 2 is 2.12 bits per heavy atom. The van der Waals surface area contributed by atoms with Gasteiger partial charge in [0.2, 0.25) is 0 Å². The number of rotatable bonds is 2. The van der Waals surface area contributed by atoms with E-state index in [4.69, 9.17) is 28.9 Å². The first-order valence-corrected chi connectivity index (χ1v) is 5.47. The monoisotopic (exact) mass is 256 g/mol. The molecule has 0 aliphatic heterocycles. The van der Waals surface area contributed by atoms with Crippen LogP contribution < -0.4 is 5.73 Å². The Bertz CT molecular complexity index is 507. The molecule has 2 rings (SSSR count). The van der Waals surface area contributed by atoms with Crippen molar-refractivity contribution in [3.63, 3.8) is 0 Å². The van der Waals surface area contributed by atoms with Crippen LogP contribution in [0.5, 0.6) is 0 Å². The second-order valence-electron chi connectivity index (χ2n) is 3.47. The van der Waals surface area contributed by atoms with Crippen molar-refractivity contribution in [1.82, 2.24) is 15.0 Å². The largest absolute Gasteiger partial charge is 0.323 e. The first kappa shape index (κ1) is 11.4. The minimum absolute atomic E-state index is 0.153. The molecule has 0 aliphatic rings. The predicted molar refractivity (Wildman–Crippen MR) is 64.0 cm³/mol. The summed E-state index contributed by atoms with van der Waals surface area (Å²) in [7, 11) is 0. The van der Waals surface area contributed by atoms with Gasteiger partial charge in [-0.25, -0.2) is 4.68 Å². The quantitative estimate of drug-likeness (QED) is 0.899. The molecule has 1 unspecified atom stereocenters. The summed E-state index contributed by atoms with van der Waals surface area (Å²) in [4.78, 5) is 0. The number of hydrogen-bond donors (Lipinski definition) is 1. The highest BCUT2D eigenvalue weighted by Gasteiger charge is 2.09. The minimum Gasteiger partial charge on any atom is -0.323 e. The Hall–Kier alpha value is -1.10. The van der Waals surface area contributed by atoms with Crippen molar-refractivity contribution >= 4 is 23.2 Å². The molecule has 0 spiro atoms. The maximum atomic E-state index is 6.05. The maximum Gasteiger partial charge on any atom is 0.0995 e. The van der Waals surface area contributed by atoms with Crippen molar-refractivity contribution in [3.8, 4) is 5.69 Å². The van der Waals surface area contributed by atoms with Crippen molar-refractivity contribution in [1.29, 1.82) is 0 Å². The molecule has 0 aliphatic carbocycles. The second-order valence-corrected chi connectivity index (χ2v) is 4.32. The van der Waals surface area contributed by atoms with E-state index in [9.17, 15) is 0 Å². The third-order valence-electron chi connectivity index (χ3n) is 2.13. The minimum atomic E-state index is -0.153. The Morgan fingerprint density at radius 3 is 2.69 bits per heavy atom. The van der Waals surface area contributed by atoms with E-state index in [0.717, 1.165) is 5.69 Å². The Balaban J connectivity index is 2.42. The second kappa shape index (κ2) is 4.41. The van der Waals surface area contributed by atoms with Crippen molar-refractivity contribution < 1.29 is 0 Å². The number of hydrogen-bond acceptors (Lipinski definition) is 3. The van der Waals surface area contributed by atoms with Crippen LogP contribution in [0, 0.1) is 0 Å². The number of aromatic nitrogens is 3. The lowest BCUT2D eigenvalue weighted by Crippen LogP contribution is -2.04. The summed E-state index contributed by atoms with van der Waals surface area (Å²) in [5.41, 5.74) is 7.14. The van der Waals surface area contributed by atoms with Crippen molar-refractivity contribution in [2.45, 2.75) is 13.0 Å². The summed E-state index contributed by atoms with van der Waals surface area (Å²) in [6.07, 6.45) is 1.75. The molecule has 0 radical (unpaired) electrons. The number of halogens is 2. The van der Waals surface area contributed by atoms with Crippen LogP contribution in [-0.4, -0.2) is 15.0 Å². The van der Waals surface area contributed by atoms with Crippen LogP contribution in [-0.2, 0) is 0 Å². The Morgan fingerprint density at radius 1 is 1.38 bits per heavy atom. The molecule has 4 nitrogen and oxygen atoms in total. The Kier molecular flexibility index (Phi) is 3.14. The van der Waals surface area contributed by atoms with E-state index < -0.39 is 0 Å². The molecule has 1 aromatic carbocycles. The van der Waals surface area contributed by atoms with Gasteiger partial charge in [-0.1, -0.05) is 28.4 Å². The molecule has 16 heavy (non-hydrogen) atoms. The summed E-state index contributed by atoms with van der Waals surface area (Å²) in [6.45, 7) is 1.85. The lowest BCUT2D eigenvalue weighted by Gasteiger charge is -2.03. The zero-order valence-corrected chi connectivity index (χ0v) is 10.1. The third-order valence-corrected chi connectivity index (χ3v) is 2.67. The standard InChI is InChI=1S/C10H10Cl2N4/c1-6(13)9-5-16(15-14-9)10-3-2-7(11)4-8(10)12/h2-6H,13H2,1H3. The Labute approximate surface area is 103 Å². The van der Waals surface area contributed by atoms with Crippen LogP contribution in [0.25, 0.3) is 5.69 Å². The lowest BCUT2D eigenvalue weighted by molar-refractivity contribution is 0.756. The van der Waals surface area contributed by atoms with Crippen LogP contribution in [0.3, 0.4) is 0 Å². The van der Waals surface area contributed by atoms with E-state index in [1.54, 1.807) is 29.1 Å². The van der Waals surface area contributed by atoms with Crippen molar-refractivity contribution in [2.75, 3.05) is 0 Å². The molecule has 84 valence electrons. The first-order chi connectivity index (χ1) is 7.58. The van der Waals surface area contributed by atoms with E-state index in [-0.39, 0.29) is 6.04 Å². The highest BCUT2D eigenvalue weighted by molar-refractivity contribution is 6.35. The van der Waals surface area contributed by atoms with Gasteiger partial charge >= 0.3 is 0 Å². The molecular formula is C10H10Cl2N4. The van der Waals surface area contributed by atoms with Crippen LogP contribution in [0.1, 0.15) is 18.7 Å². The van der Waals surface area contributed by atoms with Gasteiger partial charge < -0.3 is 5.73 Å². The molecule has 6 heteroatoms. The van der Waals surface area contributed by atoms with Gasteiger partial charge in [-0.2, -0.15) is 0 Å². The molecule has 1 heterocycles. The molecular weight excluding hydrogens is 247 g/mol. The van der Waals surface area contributed by atoms with E-state index in [2.05, 4.69) is 10.3 Å². The van der Waals surface area contributed by atoms with Crippen molar-refractivity contribution in [2.24, 2.45) is 5.73 Å². The van der Waals surface area contributed by atoms with E-state index >= 15 is 0 Å². The van der Waals surface area contributed by atoms with Crippen LogP contribution in [0.2, 0.25) is 10.0 Å². The summed E-state index contributed by atoms with van der Waals surface area (Å²) in [5, 5.41) is 9.02. The van der Waals surface area contributed by atoms with E-state index in [1.165, 1.54) is 0 Å². The molecule has 1 atom stereocenters. The van der Waals surface area contributed by atoms with Gasteiger partial charge in [-0.15, -0.1) is 5.10 Å². The smallest absolute Gasteiger partial charge is 0.0995 e. The van der Waals surface area contributed by atoms with E-state index in [1.807, 2.05) is 6.92 Å². The molecule has 2 aromatic rings. The fourth-order valence-electron chi connectivity index (χ4n) is 1.27. The SMILES string of the molecule is CC(N)c1cn(-c2ccc(Cl)cc2Cl)nn1. The van der Waals surface area contributed by atoms with Gasteiger partial charge in [0.25, 0.3) is 0 Å². The summed E-state index contributed by atoms with van der Waals surface area (Å²) < 4.78 is 1.58.